The van der Waals surface area contributed by atoms with E-state index in [0.29, 0.717) is 10.5 Å². The Morgan fingerprint density at radius 3 is 3.00 bits per heavy atom. The molecule has 23 heavy (non-hydrogen) atoms. The normalized spacial score (nSPS) is 26.6. The molecule has 0 aromatic heterocycles. The molecular formula is C17H19BrN4O. The molecule has 5 nitrogen and oxygen atoms in total. The Morgan fingerprint density at radius 1 is 1.43 bits per heavy atom. The van der Waals surface area contributed by atoms with E-state index in [2.05, 4.69) is 44.0 Å². The summed E-state index contributed by atoms with van der Waals surface area (Å²) in [4.78, 5) is 12.7. The minimum Gasteiger partial charge on any atom is -0.361 e. The molecule has 0 aromatic carbocycles. The fourth-order valence-electron chi connectivity index (χ4n) is 3.02. The number of nitrogens with one attached hydrogen (secondary N) is 3. The van der Waals surface area contributed by atoms with E-state index >= 15 is 0 Å². The third-order valence-electron chi connectivity index (χ3n) is 4.21. The number of carbonyl (C=O) groups is 1. The monoisotopic (exact) mass is 374 g/mol. The molecule has 1 heterocycles. The maximum atomic E-state index is 12.4. The molecule has 0 aromatic rings. The average molecular weight is 375 g/mol. The number of alkyl halides is 1. The summed E-state index contributed by atoms with van der Waals surface area (Å²) in [5.74, 6) is -0.187. The fraction of sp³-hybridized carbons (Fsp3) is 0.412. The van der Waals surface area contributed by atoms with Gasteiger partial charge in [-0.05, 0) is 49.3 Å². The molecule has 3 N–H and O–H groups in total. The highest BCUT2D eigenvalue weighted by molar-refractivity contribution is 9.09. The van der Waals surface area contributed by atoms with Gasteiger partial charge in [0.2, 0.25) is 0 Å². The van der Waals surface area contributed by atoms with Crippen LogP contribution in [0.1, 0.15) is 32.1 Å². The van der Waals surface area contributed by atoms with Crippen molar-refractivity contribution in [1.29, 1.82) is 5.26 Å². The van der Waals surface area contributed by atoms with Gasteiger partial charge in [0.25, 0.3) is 5.91 Å². The largest absolute Gasteiger partial charge is 0.361 e. The zero-order valence-electron chi connectivity index (χ0n) is 12.7. The lowest BCUT2D eigenvalue weighted by Gasteiger charge is -2.25. The Hall–Kier alpha value is -2.00. The molecule has 0 spiro atoms. The molecule has 3 aliphatic rings. The van der Waals surface area contributed by atoms with Crippen LogP contribution in [0.5, 0.6) is 0 Å². The molecule has 0 saturated carbocycles. The van der Waals surface area contributed by atoms with Crippen LogP contribution in [0.4, 0.5) is 0 Å². The molecule has 6 heteroatoms. The van der Waals surface area contributed by atoms with Crippen molar-refractivity contribution in [3.05, 3.63) is 47.0 Å². The van der Waals surface area contributed by atoms with Crippen LogP contribution < -0.4 is 16.0 Å². The van der Waals surface area contributed by atoms with E-state index in [1.54, 1.807) is 0 Å². The summed E-state index contributed by atoms with van der Waals surface area (Å²) in [5, 5.41) is 17.6. The maximum Gasteiger partial charge on any atom is 0.267 e. The number of nitriles is 1. The smallest absolute Gasteiger partial charge is 0.267 e. The van der Waals surface area contributed by atoms with Crippen LogP contribution in [0.2, 0.25) is 0 Å². The number of hydrogen-bond acceptors (Lipinski definition) is 4. The molecule has 2 aliphatic carbocycles. The minimum absolute atomic E-state index is 0.187. The van der Waals surface area contributed by atoms with E-state index in [9.17, 15) is 4.79 Å². The van der Waals surface area contributed by atoms with Crippen molar-refractivity contribution in [1.82, 2.24) is 16.0 Å². The molecule has 0 bridgehead atoms. The van der Waals surface area contributed by atoms with E-state index < -0.39 is 6.17 Å². The second kappa shape index (κ2) is 7.05. The Bertz CT molecular complexity index is 669. The van der Waals surface area contributed by atoms with Gasteiger partial charge in [-0.15, -0.1) is 0 Å². The Kier molecular flexibility index (Phi) is 4.87. The third-order valence-corrected chi connectivity index (χ3v) is 4.84. The van der Waals surface area contributed by atoms with Gasteiger partial charge in [0.15, 0.2) is 6.17 Å². The molecule has 2 atom stereocenters. The maximum absolute atomic E-state index is 12.4. The third kappa shape index (κ3) is 3.67. The fourth-order valence-corrected chi connectivity index (χ4v) is 3.50. The van der Waals surface area contributed by atoms with Gasteiger partial charge in [-0.2, -0.15) is 5.26 Å². The van der Waals surface area contributed by atoms with Crippen molar-refractivity contribution in [3.8, 4) is 6.07 Å². The Labute approximate surface area is 144 Å². The second-order valence-corrected chi connectivity index (χ2v) is 7.03. The van der Waals surface area contributed by atoms with Crippen molar-refractivity contribution in [2.75, 3.05) is 0 Å². The number of nitrogens with zero attached hydrogens (tertiary/aromatic N) is 1. The molecule has 3 rings (SSSR count). The molecule has 0 saturated heterocycles. The Morgan fingerprint density at radius 2 is 2.30 bits per heavy atom. The van der Waals surface area contributed by atoms with Crippen LogP contribution in [0.15, 0.2) is 47.0 Å². The topological polar surface area (TPSA) is 77.0 Å². The Balaban J connectivity index is 1.76. The summed E-state index contributed by atoms with van der Waals surface area (Å²) in [6, 6.07) is 1.98. The van der Waals surface area contributed by atoms with E-state index in [0.717, 1.165) is 25.0 Å². The lowest BCUT2D eigenvalue weighted by molar-refractivity contribution is -0.122. The molecule has 0 fully saturated rings. The first kappa shape index (κ1) is 15.9. The number of hydrogen-bond donors (Lipinski definition) is 3. The molecule has 1 aliphatic heterocycles. The first-order valence-electron chi connectivity index (χ1n) is 7.86. The van der Waals surface area contributed by atoms with Gasteiger partial charge >= 0.3 is 0 Å². The minimum atomic E-state index is -0.603. The highest BCUT2D eigenvalue weighted by Gasteiger charge is 2.25. The number of allylic oxidation sites excluding steroid dienone is 6. The van der Waals surface area contributed by atoms with Gasteiger partial charge in [0.1, 0.15) is 11.8 Å². The summed E-state index contributed by atoms with van der Waals surface area (Å²) in [6.45, 7) is 0. The molecule has 2 unspecified atom stereocenters. The van der Waals surface area contributed by atoms with Crippen LogP contribution in [0, 0.1) is 11.3 Å². The van der Waals surface area contributed by atoms with Gasteiger partial charge in [0, 0.05) is 16.7 Å². The number of carbonyl (C=O) groups excluding carboxylic acids is 1. The van der Waals surface area contributed by atoms with E-state index in [1.807, 2.05) is 12.1 Å². The van der Waals surface area contributed by atoms with Crippen LogP contribution in [0.25, 0.3) is 0 Å². The zero-order valence-corrected chi connectivity index (χ0v) is 14.3. The summed E-state index contributed by atoms with van der Waals surface area (Å²) in [7, 11) is 0. The zero-order chi connectivity index (χ0) is 16.2. The van der Waals surface area contributed by atoms with Gasteiger partial charge in [-0.1, -0.05) is 28.1 Å². The lowest BCUT2D eigenvalue weighted by atomic mass is 9.88. The van der Waals surface area contributed by atoms with Gasteiger partial charge in [-0.25, -0.2) is 0 Å². The lowest BCUT2D eigenvalue weighted by Crippen LogP contribution is -2.47. The van der Waals surface area contributed by atoms with Gasteiger partial charge in [0.05, 0.1) is 0 Å². The standard InChI is InChI=1S/C17H19BrN4O/c18-12-6-7-15(14(8-12)11-4-2-1-3-5-11)22-17(23)16-20-10-13(9-19)21-16/h4,6-7,10,12,16,20-21H,1-3,5,8H2,(H,22,23). The predicted molar refractivity (Wildman–Crippen MR) is 91.9 cm³/mol. The van der Waals surface area contributed by atoms with E-state index in [4.69, 9.17) is 5.26 Å². The first-order valence-corrected chi connectivity index (χ1v) is 8.77. The second-order valence-electron chi connectivity index (χ2n) is 5.85. The highest BCUT2D eigenvalue weighted by atomic mass is 79.9. The van der Waals surface area contributed by atoms with Gasteiger partial charge in [-0.3, -0.25) is 4.79 Å². The van der Waals surface area contributed by atoms with Crippen LogP contribution in [-0.2, 0) is 4.79 Å². The van der Waals surface area contributed by atoms with Crippen molar-refractivity contribution in [3.63, 3.8) is 0 Å². The summed E-state index contributed by atoms with van der Waals surface area (Å²) in [5.41, 5.74) is 3.80. The van der Waals surface area contributed by atoms with Crippen LogP contribution in [-0.4, -0.2) is 16.9 Å². The van der Waals surface area contributed by atoms with Crippen LogP contribution in [0.3, 0.4) is 0 Å². The number of amides is 1. The summed E-state index contributed by atoms with van der Waals surface area (Å²) >= 11 is 3.64. The van der Waals surface area contributed by atoms with E-state index in [-0.39, 0.29) is 5.91 Å². The predicted octanol–water partition coefficient (Wildman–Crippen LogP) is 2.46. The van der Waals surface area contributed by atoms with Crippen molar-refractivity contribution in [2.24, 2.45) is 0 Å². The summed E-state index contributed by atoms with van der Waals surface area (Å²) < 4.78 is 0. The molecule has 1 amide bonds. The average Bonchev–Trinajstić information content (AvgIpc) is 3.06. The number of halogens is 1. The van der Waals surface area contributed by atoms with Crippen molar-refractivity contribution in [2.45, 2.75) is 43.1 Å². The SMILES string of the molecule is N#CC1=CNC(C(=O)NC2=C(C3=CCCCC3)CC(Br)C=C2)N1. The van der Waals surface area contributed by atoms with E-state index in [1.165, 1.54) is 30.2 Å². The quantitative estimate of drug-likeness (QED) is 0.663. The van der Waals surface area contributed by atoms with Crippen LogP contribution >= 0.6 is 15.9 Å². The molecule has 120 valence electrons. The number of rotatable bonds is 3. The van der Waals surface area contributed by atoms with Crippen molar-refractivity contribution >= 4 is 21.8 Å². The van der Waals surface area contributed by atoms with Crippen molar-refractivity contribution < 1.29 is 4.79 Å². The highest BCUT2D eigenvalue weighted by Crippen LogP contribution is 2.33. The molecular weight excluding hydrogens is 356 g/mol. The van der Waals surface area contributed by atoms with Gasteiger partial charge < -0.3 is 16.0 Å². The molecule has 0 radical (unpaired) electrons. The first-order chi connectivity index (χ1) is 11.2. The summed E-state index contributed by atoms with van der Waals surface area (Å²) in [6.07, 6.45) is 12.7.